The molecule has 2 aliphatic heterocycles. The van der Waals surface area contributed by atoms with E-state index in [1.165, 1.54) is 0 Å². The van der Waals surface area contributed by atoms with Crippen LogP contribution in [0.2, 0.25) is 0 Å². The lowest BCUT2D eigenvalue weighted by molar-refractivity contribution is -0.122. The Morgan fingerprint density at radius 2 is 1.93 bits per heavy atom. The van der Waals surface area contributed by atoms with Crippen molar-refractivity contribution in [2.75, 3.05) is 45.9 Å². The maximum atomic E-state index is 12.4. The zero-order valence-corrected chi connectivity index (χ0v) is 17.5. The zero-order chi connectivity index (χ0) is 20.8. The third kappa shape index (κ3) is 5.53. The molecular weight excluding hydrogens is 374 g/mol. The molecule has 2 heterocycles. The summed E-state index contributed by atoms with van der Waals surface area (Å²) in [7, 11) is 0. The second-order valence-electron chi connectivity index (χ2n) is 7.37. The lowest BCUT2D eigenvalue weighted by Crippen LogP contribution is -2.51. The van der Waals surface area contributed by atoms with E-state index in [0.29, 0.717) is 52.5 Å². The smallest absolute Gasteiger partial charge is 0.409 e. The number of nitrogens with zero attached hydrogens (tertiary/aromatic N) is 2. The molecule has 0 bridgehead atoms. The van der Waals surface area contributed by atoms with E-state index in [4.69, 9.17) is 14.2 Å². The Hall–Kier alpha value is -2.48. The van der Waals surface area contributed by atoms with Gasteiger partial charge in [0, 0.05) is 50.3 Å². The number of ether oxygens (including phenoxy) is 3. The molecule has 0 spiro atoms. The minimum absolute atomic E-state index is 0.0492. The fraction of sp³-hybridized carbons (Fsp3) is 0.619. The van der Waals surface area contributed by atoms with Crippen molar-refractivity contribution >= 4 is 12.0 Å². The SMILES string of the molecule is CCOC(=O)N1CCN(CC(=O)NCc2cc3c(cc2OCC)C[C@@H](C)O3)CC1. The third-order valence-corrected chi connectivity index (χ3v) is 5.12. The molecule has 1 N–H and O–H groups in total. The van der Waals surface area contributed by atoms with Gasteiger partial charge in [0.15, 0.2) is 0 Å². The van der Waals surface area contributed by atoms with Gasteiger partial charge in [0.2, 0.25) is 5.91 Å². The number of amides is 2. The first-order valence-electron chi connectivity index (χ1n) is 10.4. The number of piperazine rings is 1. The van der Waals surface area contributed by atoms with Crippen LogP contribution in [0.15, 0.2) is 12.1 Å². The molecular formula is C21H31N3O5. The molecule has 160 valence electrons. The van der Waals surface area contributed by atoms with Gasteiger partial charge >= 0.3 is 6.09 Å². The van der Waals surface area contributed by atoms with Crippen LogP contribution in [0.4, 0.5) is 4.79 Å². The maximum Gasteiger partial charge on any atom is 0.409 e. The van der Waals surface area contributed by atoms with E-state index < -0.39 is 0 Å². The van der Waals surface area contributed by atoms with Gasteiger partial charge in [-0.15, -0.1) is 0 Å². The minimum atomic E-state index is -0.284. The summed E-state index contributed by atoms with van der Waals surface area (Å²) in [6.07, 6.45) is 0.755. The van der Waals surface area contributed by atoms with Crippen LogP contribution in [0.25, 0.3) is 0 Å². The monoisotopic (exact) mass is 405 g/mol. The van der Waals surface area contributed by atoms with E-state index >= 15 is 0 Å². The topological polar surface area (TPSA) is 80.3 Å². The molecule has 2 aliphatic rings. The summed E-state index contributed by atoms with van der Waals surface area (Å²) < 4.78 is 16.6. The standard InChI is InChI=1S/C21H31N3O5/c1-4-27-18-11-16-10-15(3)29-19(16)12-17(18)13-22-20(25)14-23-6-8-24(9-7-23)21(26)28-5-2/h11-12,15H,4-10,13-14H2,1-3H3,(H,22,25)/t15-/m1/s1. The number of benzene rings is 1. The maximum absolute atomic E-state index is 12.4. The molecule has 0 aromatic heterocycles. The molecule has 2 amide bonds. The van der Waals surface area contributed by atoms with Crippen LogP contribution >= 0.6 is 0 Å². The highest BCUT2D eigenvalue weighted by atomic mass is 16.6. The number of rotatable bonds is 7. The molecule has 0 unspecified atom stereocenters. The molecule has 8 nitrogen and oxygen atoms in total. The number of carbonyl (C=O) groups excluding carboxylic acids is 2. The molecule has 1 aromatic rings. The fourth-order valence-electron chi connectivity index (χ4n) is 3.67. The van der Waals surface area contributed by atoms with E-state index in [9.17, 15) is 9.59 Å². The van der Waals surface area contributed by atoms with Crippen LogP contribution < -0.4 is 14.8 Å². The van der Waals surface area contributed by atoms with E-state index in [2.05, 4.69) is 5.32 Å². The quantitative estimate of drug-likeness (QED) is 0.745. The van der Waals surface area contributed by atoms with Gasteiger partial charge in [-0.2, -0.15) is 0 Å². The van der Waals surface area contributed by atoms with Gasteiger partial charge in [-0.1, -0.05) is 0 Å². The highest BCUT2D eigenvalue weighted by Gasteiger charge is 2.24. The molecule has 0 saturated carbocycles. The number of hydrogen-bond donors (Lipinski definition) is 1. The summed E-state index contributed by atoms with van der Waals surface area (Å²) in [6.45, 7) is 9.88. The van der Waals surface area contributed by atoms with Crippen molar-refractivity contribution in [3.63, 3.8) is 0 Å². The van der Waals surface area contributed by atoms with Crippen molar-refractivity contribution in [1.82, 2.24) is 15.1 Å². The summed E-state index contributed by atoms with van der Waals surface area (Å²) in [5.74, 6) is 1.62. The molecule has 1 saturated heterocycles. The van der Waals surface area contributed by atoms with Gasteiger partial charge in [-0.25, -0.2) is 4.79 Å². The summed E-state index contributed by atoms with van der Waals surface area (Å²) in [5, 5.41) is 2.98. The van der Waals surface area contributed by atoms with Crippen molar-refractivity contribution in [3.05, 3.63) is 23.3 Å². The summed E-state index contributed by atoms with van der Waals surface area (Å²) in [6, 6.07) is 4.00. The van der Waals surface area contributed by atoms with Crippen molar-refractivity contribution in [1.29, 1.82) is 0 Å². The Bertz CT molecular complexity index is 731. The Labute approximate surface area is 172 Å². The van der Waals surface area contributed by atoms with Gasteiger partial charge in [0.05, 0.1) is 19.8 Å². The van der Waals surface area contributed by atoms with Gasteiger partial charge < -0.3 is 24.4 Å². The van der Waals surface area contributed by atoms with Crippen LogP contribution in [0, 0.1) is 0 Å². The van der Waals surface area contributed by atoms with Gasteiger partial charge in [-0.05, 0) is 32.9 Å². The lowest BCUT2D eigenvalue weighted by Gasteiger charge is -2.33. The highest BCUT2D eigenvalue weighted by Crippen LogP contribution is 2.35. The van der Waals surface area contributed by atoms with Gasteiger partial charge in [0.25, 0.3) is 0 Å². The average molecular weight is 405 g/mol. The van der Waals surface area contributed by atoms with Crippen LogP contribution in [-0.2, 0) is 22.5 Å². The normalized spacial score (nSPS) is 18.7. The summed E-state index contributed by atoms with van der Waals surface area (Å²) in [5.41, 5.74) is 2.07. The van der Waals surface area contributed by atoms with Gasteiger partial charge in [0.1, 0.15) is 17.6 Å². The predicted molar refractivity (Wildman–Crippen MR) is 108 cm³/mol. The third-order valence-electron chi connectivity index (χ3n) is 5.12. The first kappa shape index (κ1) is 21.2. The summed E-state index contributed by atoms with van der Waals surface area (Å²) >= 11 is 0. The summed E-state index contributed by atoms with van der Waals surface area (Å²) in [4.78, 5) is 27.9. The second kappa shape index (κ2) is 9.82. The van der Waals surface area contributed by atoms with Crippen molar-refractivity contribution in [2.24, 2.45) is 0 Å². The van der Waals surface area contributed by atoms with Crippen LogP contribution in [0.5, 0.6) is 11.5 Å². The van der Waals surface area contributed by atoms with Crippen molar-refractivity contribution in [2.45, 2.75) is 39.8 Å². The van der Waals surface area contributed by atoms with E-state index in [-0.39, 0.29) is 18.1 Å². The van der Waals surface area contributed by atoms with Crippen molar-refractivity contribution in [3.8, 4) is 11.5 Å². The first-order chi connectivity index (χ1) is 14.0. The molecule has 29 heavy (non-hydrogen) atoms. The first-order valence-corrected chi connectivity index (χ1v) is 10.4. The Morgan fingerprint density at radius 3 is 2.62 bits per heavy atom. The van der Waals surface area contributed by atoms with Crippen LogP contribution in [0.3, 0.4) is 0 Å². The highest BCUT2D eigenvalue weighted by molar-refractivity contribution is 5.78. The van der Waals surface area contributed by atoms with E-state index in [0.717, 1.165) is 29.0 Å². The molecule has 1 fully saturated rings. The minimum Gasteiger partial charge on any atom is -0.494 e. The predicted octanol–water partition coefficient (Wildman–Crippen LogP) is 1.80. The van der Waals surface area contributed by atoms with Gasteiger partial charge in [-0.3, -0.25) is 9.69 Å². The zero-order valence-electron chi connectivity index (χ0n) is 17.5. The molecule has 1 aromatic carbocycles. The second-order valence-corrected chi connectivity index (χ2v) is 7.37. The molecule has 0 radical (unpaired) electrons. The number of nitrogens with one attached hydrogen (secondary N) is 1. The molecule has 0 aliphatic carbocycles. The fourth-order valence-corrected chi connectivity index (χ4v) is 3.67. The van der Waals surface area contributed by atoms with Crippen LogP contribution in [0.1, 0.15) is 31.9 Å². The lowest BCUT2D eigenvalue weighted by atomic mass is 10.1. The largest absolute Gasteiger partial charge is 0.494 e. The average Bonchev–Trinajstić information content (AvgIpc) is 3.06. The molecule has 8 heteroatoms. The molecule has 1 atom stereocenters. The van der Waals surface area contributed by atoms with E-state index in [1.54, 1.807) is 11.8 Å². The van der Waals surface area contributed by atoms with Crippen LogP contribution in [-0.4, -0.2) is 73.8 Å². The van der Waals surface area contributed by atoms with E-state index in [1.807, 2.05) is 30.9 Å². The molecule has 3 rings (SSSR count). The number of carbonyl (C=O) groups is 2. The Balaban J connectivity index is 1.50. The number of fused-ring (bicyclic) bond motifs is 1. The number of hydrogen-bond acceptors (Lipinski definition) is 6. The Morgan fingerprint density at radius 1 is 1.17 bits per heavy atom. The Kier molecular flexibility index (Phi) is 7.19. The van der Waals surface area contributed by atoms with Crippen molar-refractivity contribution < 1.29 is 23.8 Å².